The van der Waals surface area contributed by atoms with Gasteiger partial charge in [-0.25, -0.2) is 4.98 Å². The van der Waals surface area contributed by atoms with Crippen molar-refractivity contribution in [2.45, 2.75) is 58.0 Å². The molecule has 4 N–H and O–H groups in total. The van der Waals surface area contributed by atoms with Crippen LogP contribution in [0.1, 0.15) is 51.9 Å². The maximum absolute atomic E-state index is 12.7. The number of hydrogen-bond acceptors (Lipinski definition) is 8. The minimum Gasteiger partial charge on any atom is -0.393 e. The van der Waals surface area contributed by atoms with Crippen molar-refractivity contribution < 1.29 is 9.90 Å². The highest BCUT2D eigenvalue weighted by Gasteiger charge is 2.23. The number of aromatic nitrogens is 3. The Labute approximate surface area is 207 Å². The van der Waals surface area contributed by atoms with Crippen molar-refractivity contribution in [1.82, 2.24) is 19.9 Å². The number of aliphatic hydroxyl groups is 1. The fourth-order valence-corrected chi connectivity index (χ4v) is 4.35. The van der Waals surface area contributed by atoms with E-state index in [0.717, 1.165) is 75.1 Å². The molecule has 0 spiro atoms. The number of carbonyl (C=O) groups is 1. The van der Waals surface area contributed by atoms with Gasteiger partial charge in [-0.05, 0) is 70.8 Å². The third-order valence-electron chi connectivity index (χ3n) is 6.66. The summed E-state index contributed by atoms with van der Waals surface area (Å²) in [5.41, 5.74) is 3.24. The summed E-state index contributed by atoms with van der Waals surface area (Å²) in [6.45, 7) is 4.86. The normalized spacial score (nSPS) is 19.2. The zero-order valence-corrected chi connectivity index (χ0v) is 20.8. The molecule has 35 heavy (non-hydrogen) atoms. The number of pyridine rings is 1. The number of likely N-dealkylation sites (tertiary alicyclic amines) is 1. The first kappa shape index (κ1) is 25.1. The summed E-state index contributed by atoms with van der Waals surface area (Å²) in [4.78, 5) is 28.7. The van der Waals surface area contributed by atoms with Crippen molar-refractivity contribution in [2.75, 3.05) is 42.6 Å². The second-order valence-electron chi connectivity index (χ2n) is 9.52. The molecule has 9 nitrogen and oxygen atoms in total. The van der Waals surface area contributed by atoms with E-state index in [2.05, 4.69) is 44.8 Å². The Hall–Kier alpha value is -3.04. The molecule has 0 aromatic carbocycles. The molecule has 1 aliphatic heterocycles. The number of aliphatic hydroxyl groups excluding tert-OH is 1. The lowest BCUT2D eigenvalue weighted by Gasteiger charge is -2.28. The minimum atomic E-state index is -0.282. The number of anilines is 3. The van der Waals surface area contributed by atoms with Crippen LogP contribution in [0.3, 0.4) is 0 Å². The van der Waals surface area contributed by atoms with Crippen molar-refractivity contribution in [3.8, 4) is 11.3 Å². The number of allylic oxidation sites excluding steroid dienone is 1. The minimum absolute atomic E-state index is 0.0464. The monoisotopic (exact) mass is 479 g/mol. The van der Waals surface area contributed by atoms with E-state index >= 15 is 0 Å². The molecule has 0 saturated carbocycles. The molecule has 4 rings (SSSR count). The lowest BCUT2D eigenvalue weighted by atomic mass is 9.96. The molecule has 0 bridgehead atoms. The van der Waals surface area contributed by atoms with Crippen LogP contribution in [-0.4, -0.2) is 63.7 Å². The lowest BCUT2D eigenvalue weighted by Crippen LogP contribution is -2.35. The summed E-state index contributed by atoms with van der Waals surface area (Å²) in [6, 6.07) is 3.76. The molecule has 2 aromatic heterocycles. The maximum atomic E-state index is 12.7. The summed E-state index contributed by atoms with van der Waals surface area (Å²) in [7, 11) is 2.09. The standard InChI is InChI=1S/C26H37N7O2/c1-3-4-13-27-26-29-17-22(24(32-26)30-19-5-8-21(34)9-6-19)23-10-7-20(16-28-23)31-25(35)18-11-14-33(2)15-12-18/h5,7,10,16-18,21,34H,3-4,6,8-9,11-15H2,1-2H3,(H,31,35)(H2,27,29,30,32)/t21-/m0/s1. The van der Waals surface area contributed by atoms with Gasteiger partial charge in [0, 0.05) is 24.4 Å². The largest absolute Gasteiger partial charge is 0.393 e. The molecule has 9 heteroatoms. The number of unbranched alkanes of at least 4 members (excludes halogenated alkanes) is 1. The van der Waals surface area contributed by atoms with Gasteiger partial charge in [-0.3, -0.25) is 9.78 Å². The first-order valence-corrected chi connectivity index (χ1v) is 12.7. The number of amides is 1. The Kier molecular flexibility index (Phi) is 8.65. The van der Waals surface area contributed by atoms with Crippen molar-refractivity contribution in [1.29, 1.82) is 0 Å². The maximum Gasteiger partial charge on any atom is 0.227 e. The first-order chi connectivity index (χ1) is 17.0. The number of nitrogens with zero attached hydrogens (tertiary/aromatic N) is 4. The van der Waals surface area contributed by atoms with Crippen LogP contribution in [0.2, 0.25) is 0 Å². The van der Waals surface area contributed by atoms with E-state index in [-0.39, 0.29) is 17.9 Å². The molecular weight excluding hydrogens is 442 g/mol. The molecule has 2 aliphatic rings. The quantitative estimate of drug-likeness (QED) is 0.401. The van der Waals surface area contributed by atoms with Crippen molar-refractivity contribution in [2.24, 2.45) is 5.92 Å². The van der Waals surface area contributed by atoms with Crippen LogP contribution in [0.4, 0.5) is 17.5 Å². The van der Waals surface area contributed by atoms with Crippen LogP contribution in [0, 0.1) is 5.92 Å². The third kappa shape index (κ3) is 6.99. The molecule has 2 aromatic rings. The molecule has 1 fully saturated rings. The van der Waals surface area contributed by atoms with Crippen LogP contribution in [0.25, 0.3) is 11.3 Å². The van der Waals surface area contributed by atoms with Gasteiger partial charge in [0.05, 0.1) is 29.2 Å². The van der Waals surface area contributed by atoms with Crippen molar-refractivity contribution in [3.05, 3.63) is 36.3 Å². The SMILES string of the molecule is CCCCNc1ncc(-c2ccc(NC(=O)C3CCN(C)CC3)cn2)c(NC2=CC[C@H](O)CC2)n1. The molecule has 1 amide bonds. The van der Waals surface area contributed by atoms with Gasteiger partial charge in [0.15, 0.2) is 0 Å². The molecule has 188 valence electrons. The molecule has 1 saturated heterocycles. The van der Waals surface area contributed by atoms with Gasteiger partial charge in [-0.15, -0.1) is 0 Å². The van der Waals surface area contributed by atoms with Crippen molar-refractivity contribution in [3.63, 3.8) is 0 Å². The molecule has 0 radical (unpaired) electrons. The molecule has 1 atom stereocenters. The highest BCUT2D eigenvalue weighted by molar-refractivity contribution is 5.92. The highest BCUT2D eigenvalue weighted by Crippen LogP contribution is 2.29. The second-order valence-corrected chi connectivity index (χ2v) is 9.52. The fraction of sp³-hybridized carbons (Fsp3) is 0.538. The van der Waals surface area contributed by atoms with Gasteiger partial charge in [0.2, 0.25) is 11.9 Å². The Morgan fingerprint density at radius 1 is 1.17 bits per heavy atom. The van der Waals surface area contributed by atoms with E-state index in [1.54, 1.807) is 12.4 Å². The van der Waals surface area contributed by atoms with Gasteiger partial charge in [-0.2, -0.15) is 4.98 Å². The average Bonchev–Trinajstić information content (AvgIpc) is 2.87. The van der Waals surface area contributed by atoms with Crippen LogP contribution in [-0.2, 0) is 4.79 Å². The molecule has 0 unspecified atom stereocenters. The van der Waals surface area contributed by atoms with Crippen molar-refractivity contribution >= 4 is 23.4 Å². The third-order valence-corrected chi connectivity index (χ3v) is 6.66. The lowest BCUT2D eigenvalue weighted by molar-refractivity contribution is -0.121. The summed E-state index contributed by atoms with van der Waals surface area (Å²) in [5, 5.41) is 19.6. The van der Waals surface area contributed by atoms with Gasteiger partial charge < -0.3 is 26.0 Å². The fourth-order valence-electron chi connectivity index (χ4n) is 4.35. The van der Waals surface area contributed by atoms with E-state index in [4.69, 9.17) is 4.98 Å². The molecular formula is C26H37N7O2. The Morgan fingerprint density at radius 2 is 2.00 bits per heavy atom. The Morgan fingerprint density at radius 3 is 2.69 bits per heavy atom. The van der Waals surface area contributed by atoms with Gasteiger partial charge in [0.1, 0.15) is 5.82 Å². The van der Waals surface area contributed by atoms with E-state index in [1.807, 2.05) is 18.2 Å². The van der Waals surface area contributed by atoms with Gasteiger partial charge in [0.25, 0.3) is 0 Å². The van der Waals surface area contributed by atoms with E-state index in [9.17, 15) is 9.90 Å². The molecule has 1 aliphatic carbocycles. The zero-order valence-electron chi connectivity index (χ0n) is 20.8. The number of hydrogen-bond donors (Lipinski definition) is 4. The number of rotatable bonds is 9. The number of nitrogens with one attached hydrogen (secondary N) is 3. The highest BCUT2D eigenvalue weighted by atomic mass is 16.3. The molecule has 3 heterocycles. The Balaban J connectivity index is 1.49. The summed E-state index contributed by atoms with van der Waals surface area (Å²) in [6.07, 6.45) is 11.2. The van der Waals surface area contributed by atoms with Gasteiger partial charge in [-0.1, -0.05) is 19.4 Å². The van der Waals surface area contributed by atoms with Crippen LogP contribution in [0.5, 0.6) is 0 Å². The van der Waals surface area contributed by atoms with E-state index in [1.165, 1.54) is 0 Å². The van der Waals surface area contributed by atoms with Gasteiger partial charge >= 0.3 is 0 Å². The van der Waals surface area contributed by atoms with Crippen LogP contribution < -0.4 is 16.0 Å². The second kappa shape index (κ2) is 12.1. The number of carbonyl (C=O) groups excluding carboxylic acids is 1. The van der Waals surface area contributed by atoms with Crippen LogP contribution in [0.15, 0.2) is 36.3 Å². The summed E-state index contributed by atoms with van der Waals surface area (Å²) >= 11 is 0. The van der Waals surface area contributed by atoms with E-state index in [0.29, 0.717) is 23.9 Å². The first-order valence-electron chi connectivity index (χ1n) is 12.7. The smallest absolute Gasteiger partial charge is 0.227 e. The zero-order chi connectivity index (χ0) is 24.6. The number of piperidine rings is 1. The summed E-state index contributed by atoms with van der Waals surface area (Å²) < 4.78 is 0. The van der Waals surface area contributed by atoms with E-state index < -0.39 is 0 Å². The Bertz CT molecular complexity index is 1020. The predicted molar refractivity (Wildman–Crippen MR) is 139 cm³/mol. The predicted octanol–water partition coefficient (Wildman–Crippen LogP) is 3.87. The summed E-state index contributed by atoms with van der Waals surface area (Å²) in [5.74, 6) is 1.36. The van der Waals surface area contributed by atoms with Crippen LogP contribution >= 0.6 is 0 Å². The average molecular weight is 480 g/mol. The topological polar surface area (TPSA) is 115 Å².